The Morgan fingerprint density at radius 2 is 2.11 bits per heavy atom. The van der Waals surface area contributed by atoms with E-state index in [1.165, 1.54) is 17.1 Å². The fraction of sp³-hybridized carbons (Fsp3) is 0.412. The van der Waals surface area contributed by atoms with Gasteiger partial charge in [-0.15, -0.1) is 0 Å². The van der Waals surface area contributed by atoms with Gasteiger partial charge in [0.1, 0.15) is 21.3 Å². The molecular weight excluding hydrogens is 479 g/mol. The Labute approximate surface area is 173 Å². The molecule has 0 amide bonds. The zero-order valence-electron chi connectivity index (χ0n) is 15.6. The van der Waals surface area contributed by atoms with Crippen molar-refractivity contribution >= 4 is 43.9 Å². The molecular formula is C17H23IN6O2S. The quantitative estimate of drug-likeness (QED) is 0.303. The van der Waals surface area contributed by atoms with E-state index in [1.807, 2.05) is 33.7 Å². The summed E-state index contributed by atoms with van der Waals surface area (Å²) in [6, 6.07) is 5.98. The molecule has 0 unspecified atom stereocenters. The van der Waals surface area contributed by atoms with E-state index < -0.39 is 0 Å². The second-order valence-corrected chi connectivity index (χ2v) is 8.56. The molecule has 1 aliphatic heterocycles. The van der Waals surface area contributed by atoms with Gasteiger partial charge in [0.2, 0.25) is 5.13 Å². The molecule has 146 valence electrons. The Morgan fingerprint density at radius 1 is 1.26 bits per heavy atom. The zero-order chi connectivity index (χ0) is 19.1. The summed E-state index contributed by atoms with van der Waals surface area (Å²) in [5.74, 6) is 2.27. The predicted molar refractivity (Wildman–Crippen MR) is 117 cm³/mol. The summed E-state index contributed by atoms with van der Waals surface area (Å²) in [5.41, 5.74) is 1.17. The summed E-state index contributed by atoms with van der Waals surface area (Å²) in [4.78, 5) is 6.75. The van der Waals surface area contributed by atoms with Crippen molar-refractivity contribution in [1.82, 2.24) is 14.7 Å². The number of nitrogens with zero attached hydrogens (tertiary/aromatic N) is 5. The Bertz CT molecular complexity index is 800. The molecule has 1 N–H and O–H groups in total. The lowest BCUT2D eigenvalue weighted by atomic mass is 10.2. The van der Waals surface area contributed by atoms with Crippen LogP contribution < -0.4 is 22.8 Å². The van der Waals surface area contributed by atoms with E-state index in [0.29, 0.717) is 0 Å². The van der Waals surface area contributed by atoms with Crippen molar-refractivity contribution in [3.05, 3.63) is 36.2 Å². The lowest BCUT2D eigenvalue weighted by Gasteiger charge is -2.15. The number of aromatic nitrogens is 2. The SMILES string of the molecule is COc1ccc(CNCCCN(C)c2nc(N3C=CN=I3)ns2)cc1OC. The first kappa shape index (κ1) is 20.0. The Morgan fingerprint density at radius 3 is 2.85 bits per heavy atom. The summed E-state index contributed by atoms with van der Waals surface area (Å²) in [5, 5.41) is 4.41. The second kappa shape index (κ2) is 9.95. The Kier molecular flexibility index (Phi) is 7.35. The van der Waals surface area contributed by atoms with E-state index in [0.717, 1.165) is 48.6 Å². The minimum atomic E-state index is -0.372. The van der Waals surface area contributed by atoms with Gasteiger partial charge in [0.15, 0.2) is 11.5 Å². The molecule has 0 saturated heterocycles. The van der Waals surface area contributed by atoms with Crippen molar-refractivity contribution in [2.45, 2.75) is 13.0 Å². The van der Waals surface area contributed by atoms with E-state index in [1.54, 1.807) is 14.2 Å². The molecule has 0 spiro atoms. The van der Waals surface area contributed by atoms with E-state index in [4.69, 9.17) is 9.47 Å². The number of ether oxygens (including phenoxy) is 2. The average Bonchev–Trinajstić information content (AvgIpc) is 3.38. The van der Waals surface area contributed by atoms with Gasteiger partial charge in [-0.2, -0.15) is 9.36 Å². The molecule has 3 rings (SSSR count). The van der Waals surface area contributed by atoms with Crippen molar-refractivity contribution in [1.29, 1.82) is 0 Å². The number of methoxy groups -OCH3 is 2. The molecule has 0 bridgehead atoms. The monoisotopic (exact) mass is 502 g/mol. The van der Waals surface area contributed by atoms with Crippen LogP contribution in [0.25, 0.3) is 0 Å². The summed E-state index contributed by atoms with van der Waals surface area (Å²) in [6.45, 7) is 2.63. The van der Waals surface area contributed by atoms with Crippen LogP contribution in [0.5, 0.6) is 11.5 Å². The number of hydrogen-bond acceptors (Lipinski definition) is 9. The molecule has 2 heterocycles. The van der Waals surface area contributed by atoms with Gasteiger partial charge in [0, 0.05) is 37.9 Å². The van der Waals surface area contributed by atoms with Gasteiger partial charge >= 0.3 is 0 Å². The molecule has 27 heavy (non-hydrogen) atoms. The van der Waals surface area contributed by atoms with Gasteiger partial charge in [-0.25, -0.2) is 6.26 Å². The van der Waals surface area contributed by atoms with Crippen molar-refractivity contribution in [3.8, 4) is 11.5 Å². The Balaban J connectivity index is 1.40. The number of nitrogens with one attached hydrogen (secondary N) is 1. The highest BCUT2D eigenvalue weighted by Crippen LogP contribution is 2.29. The first-order valence-corrected chi connectivity index (χ1v) is 11.2. The fourth-order valence-electron chi connectivity index (χ4n) is 2.49. The molecule has 0 fully saturated rings. The zero-order valence-corrected chi connectivity index (χ0v) is 18.5. The number of hydrogen-bond donors (Lipinski definition) is 1. The minimum Gasteiger partial charge on any atom is -0.493 e. The summed E-state index contributed by atoms with van der Waals surface area (Å²) in [7, 11) is 5.35. The third-order valence-electron chi connectivity index (χ3n) is 3.93. The summed E-state index contributed by atoms with van der Waals surface area (Å²) in [6.07, 6.45) is 4.78. The minimum absolute atomic E-state index is 0.372. The molecule has 0 atom stereocenters. The van der Waals surface area contributed by atoms with Gasteiger partial charge in [-0.3, -0.25) is 0 Å². The molecule has 2 aromatic rings. The van der Waals surface area contributed by atoms with Crippen molar-refractivity contribution < 1.29 is 9.47 Å². The van der Waals surface area contributed by atoms with Crippen LogP contribution in [0.2, 0.25) is 0 Å². The van der Waals surface area contributed by atoms with Crippen LogP contribution in [0.1, 0.15) is 12.0 Å². The summed E-state index contributed by atoms with van der Waals surface area (Å²) < 4.78 is 21.3. The molecule has 0 aliphatic carbocycles. The van der Waals surface area contributed by atoms with Crippen molar-refractivity contribution in [3.63, 3.8) is 0 Å². The highest BCUT2D eigenvalue weighted by Gasteiger charge is 2.14. The smallest absolute Gasteiger partial charge is 0.253 e. The molecule has 10 heteroatoms. The lowest BCUT2D eigenvalue weighted by molar-refractivity contribution is 0.354. The van der Waals surface area contributed by atoms with Crippen LogP contribution in [0.15, 0.2) is 33.7 Å². The summed E-state index contributed by atoms with van der Waals surface area (Å²) >= 11 is 1.06. The third kappa shape index (κ3) is 5.36. The standard InChI is InChI=1S/C17H23IN6O2S/c1-23(17-21-16(22-27-17)24-10-8-20-18-24)9-4-7-19-12-13-5-6-14(25-2)15(11-13)26-3/h5-6,8,10-11,19H,4,7,9,12H2,1-3H3. The highest BCUT2D eigenvalue weighted by atomic mass is 127. The second-order valence-electron chi connectivity index (χ2n) is 5.80. The topological polar surface area (TPSA) is 75.1 Å². The predicted octanol–water partition coefficient (Wildman–Crippen LogP) is 3.53. The van der Waals surface area contributed by atoms with Crippen molar-refractivity contribution in [2.75, 3.05) is 42.4 Å². The van der Waals surface area contributed by atoms with E-state index >= 15 is 0 Å². The van der Waals surface area contributed by atoms with Crippen LogP contribution in [-0.2, 0) is 6.54 Å². The molecule has 8 nitrogen and oxygen atoms in total. The third-order valence-corrected chi connectivity index (χ3v) is 6.53. The molecule has 1 aliphatic rings. The lowest BCUT2D eigenvalue weighted by Crippen LogP contribution is -2.23. The Hall–Kier alpha value is -1.79. The molecule has 0 saturated carbocycles. The van der Waals surface area contributed by atoms with Gasteiger partial charge in [0.05, 0.1) is 20.4 Å². The van der Waals surface area contributed by atoms with Crippen LogP contribution >= 0.6 is 32.8 Å². The maximum atomic E-state index is 5.34. The van der Waals surface area contributed by atoms with Gasteiger partial charge in [-0.1, -0.05) is 6.07 Å². The largest absolute Gasteiger partial charge is 0.493 e. The molecule has 0 radical (unpaired) electrons. The molecule has 1 aromatic carbocycles. The van der Waals surface area contributed by atoms with Gasteiger partial charge in [-0.05, 0) is 30.7 Å². The first-order valence-electron chi connectivity index (χ1n) is 8.48. The van der Waals surface area contributed by atoms with Crippen LogP contribution in [-0.4, -0.2) is 43.7 Å². The van der Waals surface area contributed by atoms with Gasteiger partial charge in [0.25, 0.3) is 5.95 Å². The average molecular weight is 502 g/mol. The van der Waals surface area contributed by atoms with Crippen molar-refractivity contribution in [2.24, 2.45) is 3.15 Å². The molecule has 1 aromatic heterocycles. The van der Waals surface area contributed by atoms with E-state index in [9.17, 15) is 0 Å². The number of anilines is 2. The van der Waals surface area contributed by atoms with Gasteiger partial charge < -0.3 is 19.7 Å². The van der Waals surface area contributed by atoms with E-state index in [-0.39, 0.29) is 21.3 Å². The maximum absolute atomic E-state index is 5.34. The maximum Gasteiger partial charge on any atom is 0.253 e. The van der Waals surface area contributed by atoms with Crippen LogP contribution in [0.4, 0.5) is 11.1 Å². The first-order chi connectivity index (χ1) is 13.2. The number of benzene rings is 1. The van der Waals surface area contributed by atoms with Crippen LogP contribution in [0, 0.1) is 0 Å². The highest BCUT2D eigenvalue weighted by molar-refractivity contribution is 14.2. The van der Waals surface area contributed by atoms with Crippen LogP contribution in [0.3, 0.4) is 0 Å². The van der Waals surface area contributed by atoms with E-state index in [2.05, 4.69) is 29.8 Å². The fourth-order valence-corrected chi connectivity index (χ4v) is 4.54. The normalized spacial score (nSPS) is 12.9. The number of halogens is 1. The number of rotatable bonds is 10.